The van der Waals surface area contributed by atoms with Gasteiger partial charge in [0, 0.05) is 32.2 Å². The molecule has 4 atom stereocenters. The first-order valence-electron chi connectivity index (χ1n) is 8.90. The summed E-state index contributed by atoms with van der Waals surface area (Å²) in [5, 5.41) is 10.3. The van der Waals surface area contributed by atoms with Crippen LogP contribution in [0.5, 0.6) is 0 Å². The van der Waals surface area contributed by atoms with Crippen molar-refractivity contribution >= 4 is 0 Å². The van der Waals surface area contributed by atoms with Crippen molar-refractivity contribution in [3.05, 3.63) is 0 Å². The maximum Gasteiger partial charge on any atom is 0.0580 e. The highest BCUT2D eigenvalue weighted by Gasteiger charge is 2.33. The summed E-state index contributed by atoms with van der Waals surface area (Å²) >= 11 is 0. The van der Waals surface area contributed by atoms with Crippen molar-refractivity contribution in [2.75, 3.05) is 32.7 Å². The average molecular weight is 280 g/mol. The second kappa shape index (κ2) is 6.76. The van der Waals surface area contributed by atoms with Crippen molar-refractivity contribution in [1.29, 1.82) is 0 Å². The van der Waals surface area contributed by atoms with Gasteiger partial charge in [-0.3, -0.25) is 4.90 Å². The van der Waals surface area contributed by atoms with Gasteiger partial charge in [-0.1, -0.05) is 19.8 Å². The predicted molar refractivity (Wildman–Crippen MR) is 82.8 cm³/mol. The van der Waals surface area contributed by atoms with Crippen molar-refractivity contribution in [3.8, 4) is 0 Å². The Kier molecular flexibility index (Phi) is 5.00. The Morgan fingerprint density at radius 1 is 1.05 bits per heavy atom. The van der Waals surface area contributed by atoms with Crippen molar-refractivity contribution in [1.82, 2.24) is 9.80 Å². The monoisotopic (exact) mass is 280 g/mol. The van der Waals surface area contributed by atoms with Gasteiger partial charge in [0.05, 0.1) is 6.10 Å². The molecule has 2 aliphatic heterocycles. The Balaban J connectivity index is 1.52. The normalized spacial score (nSPS) is 40.5. The lowest BCUT2D eigenvalue weighted by Crippen LogP contribution is -2.56. The zero-order valence-electron chi connectivity index (χ0n) is 13.1. The second-order valence-electron chi connectivity index (χ2n) is 7.36. The van der Waals surface area contributed by atoms with Gasteiger partial charge in [-0.05, 0) is 50.5 Å². The van der Waals surface area contributed by atoms with Gasteiger partial charge in [-0.15, -0.1) is 0 Å². The van der Waals surface area contributed by atoms with Gasteiger partial charge in [0.2, 0.25) is 0 Å². The molecule has 3 nitrogen and oxygen atoms in total. The summed E-state index contributed by atoms with van der Waals surface area (Å²) in [5.74, 6) is 1.39. The molecule has 116 valence electrons. The quantitative estimate of drug-likeness (QED) is 0.859. The number of nitrogens with zero attached hydrogens (tertiary/aromatic N) is 2. The van der Waals surface area contributed by atoms with E-state index < -0.39 is 0 Å². The van der Waals surface area contributed by atoms with Gasteiger partial charge >= 0.3 is 0 Å². The smallest absolute Gasteiger partial charge is 0.0580 e. The minimum absolute atomic E-state index is 0.0396. The molecule has 0 aromatic rings. The summed E-state index contributed by atoms with van der Waals surface area (Å²) in [6.45, 7) is 8.49. The minimum Gasteiger partial charge on any atom is -0.393 e. The molecule has 0 spiro atoms. The molecular weight excluding hydrogens is 248 g/mol. The molecule has 1 N–H and O–H groups in total. The van der Waals surface area contributed by atoms with Crippen LogP contribution in [0.25, 0.3) is 0 Å². The third-order valence-electron chi connectivity index (χ3n) is 6.04. The summed E-state index contributed by atoms with van der Waals surface area (Å²) < 4.78 is 0. The molecule has 0 aromatic carbocycles. The van der Waals surface area contributed by atoms with Crippen LogP contribution in [0.4, 0.5) is 0 Å². The average Bonchev–Trinajstić information content (AvgIpc) is 2.49. The van der Waals surface area contributed by atoms with Crippen molar-refractivity contribution < 1.29 is 5.11 Å². The summed E-state index contributed by atoms with van der Waals surface area (Å²) in [5.41, 5.74) is 0. The van der Waals surface area contributed by atoms with Crippen molar-refractivity contribution in [2.45, 2.75) is 64.0 Å². The molecule has 3 aliphatic rings. The number of hydrogen-bond donors (Lipinski definition) is 1. The van der Waals surface area contributed by atoms with Crippen LogP contribution in [0.3, 0.4) is 0 Å². The first-order chi connectivity index (χ1) is 9.76. The number of fused-ring (bicyclic) bond motifs is 1. The molecule has 0 bridgehead atoms. The zero-order valence-corrected chi connectivity index (χ0v) is 13.1. The topological polar surface area (TPSA) is 26.7 Å². The van der Waals surface area contributed by atoms with E-state index in [-0.39, 0.29) is 6.10 Å². The molecule has 0 radical (unpaired) electrons. The third-order valence-corrected chi connectivity index (χ3v) is 6.04. The highest BCUT2D eigenvalue weighted by molar-refractivity contribution is 4.88. The highest BCUT2D eigenvalue weighted by atomic mass is 16.3. The van der Waals surface area contributed by atoms with Crippen LogP contribution in [0.1, 0.15) is 51.9 Å². The van der Waals surface area contributed by atoms with Crippen molar-refractivity contribution in [2.24, 2.45) is 11.8 Å². The van der Waals surface area contributed by atoms with E-state index in [4.69, 9.17) is 0 Å². The Morgan fingerprint density at radius 2 is 1.95 bits per heavy atom. The summed E-state index contributed by atoms with van der Waals surface area (Å²) in [4.78, 5) is 5.35. The fraction of sp³-hybridized carbons (Fsp3) is 1.00. The number of rotatable bonds is 3. The van der Waals surface area contributed by atoms with Crippen LogP contribution in [0.15, 0.2) is 0 Å². The molecule has 3 fully saturated rings. The molecule has 1 saturated carbocycles. The number of aliphatic hydroxyl groups excluding tert-OH is 1. The standard InChI is InChI=1S/C17H32N2O/c1-2-14-6-7-17(20)15(11-14)12-18-9-10-19-8-4-3-5-16(19)13-18/h14-17,20H,2-13H2,1H3. The Bertz CT molecular complexity index is 309. The van der Waals surface area contributed by atoms with Crippen LogP contribution >= 0.6 is 0 Å². The van der Waals surface area contributed by atoms with E-state index in [0.29, 0.717) is 5.92 Å². The van der Waals surface area contributed by atoms with Crippen molar-refractivity contribution in [3.63, 3.8) is 0 Å². The van der Waals surface area contributed by atoms with Crippen LogP contribution in [0.2, 0.25) is 0 Å². The summed E-state index contributed by atoms with van der Waals surface area (Å²) in [6.07, 6.45) is 8.98. The van der Waals surface area contributed by atoms with Gasteiger partial charge in [-0.25, -0.2) is 0 Å². The van der Waals surface area contributed by atoms with Crippen LogP contribution in [0, 0.1) is 11.8 Å². The number of piperidine rings is 1. The van der Waals surface area contributed by atoms with E-state index in [1.54, 1.807) is 0 Å². The second-order valence-corrected chi connectivity index (χ2v) is 7.36. The van der Waals surface area contributed by atoms with Crippen LogP contribution < -0.4 is 0 Å². The summed E-state index contributed by atoms with van der Waals surface area (Å²) in [6, 6.07) is 0.806. The SMILES string of the molecule is CCC1CCC(O)C(CN2CCN3CCCCC3C2)C1. The Hall–Kier alpha value is -0.120. The predicted octanol–water partition coefficient (Wildman–Crippen LogP) is 2.34. The van der Waals surface area contributed by atoms with Crippen LogP contribution in [-0.4, -0.2) is 59.8 Å². The number of hydrogen-bond acceptors (Lipinski definition) is 3. The molecule has 4 unspecified atom stereocenters. The first-order valence-corrected chi connectivity index (χ1v) is 8.90. The maximum absolute atomic E-state index is 10.3. The van der Waals surface area contributed by atoms with E-state index in [0.717, 1.165) is 24.9 Å². The summed E-state index contributed by atoms with van der Waals surface area (Å²) in [7, 11) is 0. The van der Waals surface area contributed by atoms with Gasteiger partial charge in [0.15, 0.2) is 0 Å². The third kappa shape index (κ3) is 3.37. The molecule has 3 rings (SSSR count). The fourth-order valence-electron chi connectivity index (χ4n) is 4.63. The van der Waals surface area contributed by atoms with Crippen LogP contribution in [-0.2, 0) is 0 Å². The van der Waals surface area contributed by atoms with E-state index in [2.05, 4.69) is 16.7 Å². The molecule has 0 aromatic heterocycles. The van der Waals surface area contributed by atoms with E-state index in [1.807, 2.05) is 0 Å². The fourth-order valence-corrected chi connectivity index (χ4v) is 4.63. The van der Waals surface area contributed by atoms with E-state index in [1.165, 1.54) is 64.7 Å². The maximum atomic E-state index is 10.3. The number of aliphatic hydroxyl groups is 1. The molecular formula is C17H32N2O. The molecule has 3 heteroatoms. The lowest BCUT2D eigenvalue weighted by molar-refractivity contribution is -0.00264. The zero-order chi connectivity index (χ0) is 13.9. The molecule has 1 aliphatic carbocycles. The van der Waals surface area contributed by atoms with Gasteiger partial charge in [0.25, 0.3) is 0 Å². The minimum atomic E-state index is -0.0396. The largest absolute Gasteiger partial charge is 0.393 e. The molecule has 2 heterocycles. The highest BCUT2D eigenvalue weighted by Crippen LogP contribution is 2.32. The lowest BCUT2D eigenvalue weighted by Gasteiger charge is -2.46. The molecule has 20 heavy (non-hydrogen) atoms. The molecule has 2 saturated heterocycles. The molecule has 0 amide bonds. The van der Waals surface area contributed by atoms with E-state index >= 15 is 0 Å². The first kappa shape index (κ1) is 14.8. The van der Waals surface area contributed by atoms with Gasteiger partial charge in [0.1, 0.15) is 0 Å². The van der Waals surface area contributed by atoms with Gasteiger partial charge in [-0.2, -0.15) is 0 Å². The lowest BCUT2D eigenvalue weighted by atomic mass is 9.78. The van der Waals surface area contributed by atoms with E-state index in [9.17, 15) is 5.11 Å². The Labute approximate surface area is 124 Å². The number of piperazine rings is 1. The van der Waals surface area contributed by atoms with Gasteiger partial charge < -0.3 is 10.0 Å². The Morgan fingerprint density at radius 3 is 2.80 bits per heavy atom.